The van der Waals surface area contributed by atoms with Crippen LogP contribution >= 0.6 is 0 Å². The molecule has 6 heteroatoms. The van der Waals surface area contributed by atoms with Crippen molar-refractivity contribution < 1.29 is 19.4 Å². The molecule has 0 spiro atoms. The predicted octanol–water partition coefficient (Wildman–Crippen LogP) is 2.84. The lowest BCUT2D eigenvalue weighted by Gasteiger charge is -2.03. The maximum absolute atomic E-state index is 12.3. The molecule has 124 valence electrons. The maximum atomic E-state index is 12.3. The first-order chi connectivity index (χ1) is 11.5. The molecule has 0 saturated heterocycles. The van der Waals surface area contributed by atoms with Gasteiger partial charge in [0.1, 0.15) is 5.75 Å². The van der Waals surface area contributed by atoms with Crippen LogP contribution in [0.4, 0.5) is 5.69 Å². The van der Waals surface area contributed by atoms with E-state index < -0.39 is 5.97 Å². The van der Waals surface area contributed by atoms with E-state index in [2.05, 4.69) is 10.3 Å². The van der Waals surface area contributed by atoms with Gasteiger partial charge in [-0.15, -0.1) is 0 Å². The summed E-state index contributed by atoms with van der Waals surface area (Å²) >= 11 is 0. The minimum Gasteiger partial charge on any atom is -0.497 e. The van der Waals surface area contributed by atoms with Gasteiger partial charge >= 0.3 is 5.97 Å². The van der Waals surface area contributed by atoms with E-state index in [0.717, 1.165) is 28.1 Å². The number of methoxy groups -OCH3 is 1. The molecule has 1 aromatic heterocycles. The Hall–Kier alpha value is -3.02. The van der Waals surface area contributed by atoms with E-state index in [-0.39, 0.29) is 12.3 Å². The van der Waals surface area contributed by atoms with Gasteiger partial charge in [0.25, 0.3) is 5.91 Å². The summed E-state index contributed by atoms with van der Waals surface area (Å²) in [5.41, 5.74) is 4.79. The highest BCUT2D eigenvalue weighted by Gasteiger charge is 2.25. The highest BCUT2D eigenvalue weighted by molar-refractivity contribution is 6.35. The minimum absolute atomic E-state index is 0.0786. The van der Waals surface area contributed by atoms with Crippen molar-refractivity contribution in [3.8, 4) is 5.75 Å². The number of amides is 1. The number of aliphatic carboxylic acids is 1. The molecule has 0 atom stereocenters. The number of hydrogen-bond acceptors (Lipinski definition) is 3. The highest BCUT2D eigenvalue weighted by atomic mass is 16.5. The molecule has 1 aliphatic rings. The van der Waals surface area contributed by atoms with Gasteiger partial charge in [-0.1, -0.05) is 0 Å². The Kier molecular flexibility index (Phi) is 4.12. The van der Waals surface area contributed by atoms with Crippen molar-refractivity contribution in [2.24, 2.45) is 0 Å². The van der Waals surface area contributed by atoms with Crippen molar-refractivity contribution in [2.45, 2.75) is 19.8 Å². The Bertz CT molecular complexity index is 849. The molecule has 2 aromatic rings. The van der Waals surface area contributed by atoms with Crippen LogP contribution in [0.5, 0.6) is 5.75 Å². The summed E-state index contributed by atoms with van der Waals surface area (Å²) in [4.78, 5) is 26.1. The van der Waals surface area contributed by atoms with Gasteiger partial charge in [0, 0.05) is 29.6 Å². The molecular formula is C18H18N2O4. The molecule has 1 aliphatic heterocycles. The lowest BCUT2D eigenvalue weighted by atomic mass is 10.0. The van der Waals surface area contributed by atoms with Gasteiger partial charge in [0.2, 0.25) is 0 Å². The van der Waals surface area contributed by atoms with Crippen LogP contribution in [-0.4, -0.2) is 29.1 Å². The second-order valence-corrected chi connectivity index (χ2v) is 5.67. The third-order valence-electron chi connectivity index (χ3n) is 4.19. The van der Waals surface area contributed by atoms with Crippen LogP contribution in [0.15, 0.2) is 24.4 Å². The molecular weight excluding hydrogens is 308 g/mol. The van der Waals surface area contributed by atoms with Gasteiger partial charge in [0.05, 0.1) is 12.7 Å². The lowest BCUT2D eigenvalue weighted by Crippen LogP contribution is -2.03. The van der Waals surface area contributed by atoms with Gasteiger partial charge in [-0.05, 0) is 48.7 Å². The standard InChI is InChI=1S/C18H18N2O4/c1-10-11(3-6-17(21)22)9-19-16(10)8-14-13-7-12(24-2)4-5-15(13)20-18(14)23/h4-5,7-9,19H,3,6H2,1-2H3,(H,20,23)(H,21,22). The van der Waals surface area contributed by atoms with E-state index in [9.17, 15) is 9.59 Å². The number of ether oxygens (including phenoxy) is 1. The first-order valence-corrected chi connectivity index (χ1v) is 7.59. The van der Waals surface area contributed by atoms with Crippen LogP contribution < -0.4 is 10.1 Å². The van der Waals surface area contributed by atoms with Crippen molar-refractivity contribution in [3.63, 3.8) is 0 Å². The number of carbonyl (C=O) groups excluding carboxylic acids is 1. The third-order valence-corrected chi connectivity index (χ3v) is 4.19. The topological polar surface area (TPSA) is 91.4 Å². The number of anilines is 1. The van der Waals surface area contributed by atoms with Crippen LogP contribution in [0, 0.1) is 6.92 Å². The number of carbonyl (C=O) groups is 2. The van der Waals surface area contributed by atoms with E-state index >= 15 is 0 Å². The first kappa shape index (κ1) is 15.9. The molecule has 2 heterocycles. The van der Waals surface area contributed by atoms with E-state index in [4.69, 9.17) is 9.84 Å². The number of hydrogen-bond donors (Lipinski definition) is 3. The molecule has 0 bridgehead atoms. The number of rotatable bonds is 5. The largest absolute Gasteiger partial charge is 0.497 e. The zero-order chi connectivity index (χ0) is 17.3. The zero-order valence-electron chi connectivity index (χ0n) is 13.5. The second kappa shape index (κ2) is 6.23. The van der Waals surface area contributed by atoms with E-state index in [1.165, 1.54) is 0 Å². The fraction of sp³-hybridized carbons (Fsp3) is 0.222. The number of aromatic amines is 1. The van der Waals surface area contributed by atoms with Gasteiger partial charge in [-0.2, -0.15) is 0 Å². The maximum Gasteiger partial charge on any atom is 0.303 e. The SMILES string of the molecule is COc1ccc2c(c1)C(=Cc1[nH]cc(CCC(=O)O)c1C)C(=O)N2. The fourth-order valence-electron chi connectivity index (χ4n) is 2.79. The van der Waals surface area contributed by atoms with E-state index in [1.807, 2.05) is 19.1 Å². The van der Waals surface area contributed by atoms with Gasteiger partial charge in [-0.25, -0.2) is 0 Å². The van der Waals surface area contributed by atoms with E-state index in [0.29, 0.717) is 17.7 Å². The molecule has 24 heavy (non-hydrogen) atoms. The quantitative estimate of drug-likeness (QED) is 0.737. The number of nitrogens with one attached hydrogen (secondary N) is 2. The molecule has 0 radical (unpaired) electrons. The molecule has 0 saturated carbocycles. The van der Waals surface area contributed by atoms with Gasteiger partial charge in [0.15, 0.2) is 0 Å². The third kappa shape index (κ3) is 2.90. The Labute approximate surface area is 139 Å². The number of carboxylic acids is 1. The molecule has 1 amide bonds. The lowest BCUT2D eigenvalue weighted by molar-refractivity contribution is -0.137. The van der Waals surface area contributed by atoms with E-state index in [1.54, 1.807) is 25.4 Å². The monoisotopic (exact) mass is 326 g/mol. The Morgan fingerprint density at radius 1 is 1.38 bits per heavy atom. The summed E-state index contributed by atoms with van der Waals surface area (Å²) in [6.07, 6.45) is 4.12. The predicted molar refractivity (Wildman–Crippen MR) is 91.0 cm³/mol. The number of H-pyrrole nitrogens is 1. The summed E-state index contributed by atoms with van der Waals surface area (Å²) in [6, 6.07) is 5.43. The van der Waals surface area contributed by atoms with Crippen LogP contribution in [0.2, 0.25) is 0 Å². The van der Waals surface area contributed by atoms with Gasteiger partial charge < -0.3 is 20.1 Å². The van der Waals surface area contributed by atoms with Gasteiger partial charge in [-0.3, -0.25) is 9.59 Å². The van der Waals surface area contributed by atoms with Crippen molar-refractivity contribution >= 4 is 29.2 Å². The van der Waals surface area contributed by atoms with Crippen LogP contribution in [-0.2, 0) is 16.0 Å². The summed E-state index contributed by atoms with van der Waals surface area (Å²) in [5, 5.41) is 11.6. The number of benzene rings is 1. The Morgan fingerprint density at radius 2 is 2.17 bits per heavy atom. The number of fused-ring (bicyclic) bond motifs is 1. The summed E-state index contributed by atoms with van der Waals surface area (Å²) in [7, 11) is 1.58. The average molecular weight is 326 g/mol. The van der Waals surface area contributed by atoms with Crippen LogP contribution in [0.3, 0.4) is 0 Å². The normalized spacial score (nSPS) is 14.6. The summed E-state index contributed by atoms with van der Waals surface area (Å²) < 4.78 is 5.23. The zero-order valence-corrected chi connectivity index (χ0v) is 13.5. The fourth-order valence-corrected chi connectivity index (χ4v) is 2.79. The summed E-state index contributed by atoms with van der Waals surface area (Å²) in [5.74, 6) is -0.312. The molecule has 1 aromatic carbocycles. The first-order valence-electron chi connectivity index (χ1n) is 7.59. The van der Waals surface area contributed by atoms with Crippen LogP contribution in [0.25, 0.3) is 11.6 Å². The number of aryl methyl sites for hydroxylation is 1. The molecule has 0 fully saturated rings. The second-order valence-electron chi connectivity index (χ2n) is 5.67. The molecule has 3 rings (SSSR count). The molecule has 3 N–H and O–H groups in total. The number of carboxylic acid groups (broad SMARTS) is 1. The average Bonchev–Trinajstić information content (AvgIpc) is 3.06. The molecule has 0 aliphatic carbocycles. The van der Waals surface area contributed by atoms with Crippen LogP contribution in [0.1, 0.15) is 28.8 Å². The highest BCUT2D eigenvalue weighted by Crippen LogP contribution is 2.36. The Morgan fingerprint density at radius 3 is 2.88 bits per heavy atom. The van der Waals surface area contributed by atoms with Crippen molar-refractivity contribution in [1.82, 2.24) is 4.98 Å². The molecule has 0 unspecified atom stereocenters. The van der Waals surface area contributed by atoms with Crippen molar-refractivity contribution in [3.05, 3.63) is 46.8 Å². The van der Waals surface area contributed by atoms with Crippen molar-refractivity contribution in [2.75, 3.05) is 12.4 Å². The minimum atomic E-state index is -0.827. The smallest absolute Gasteiger partial charge is 0.303 e. The van der Waals surface area contributed by atoms with Crippen molar-refractivity contribution in [1.29, 1.82) is 0 Å². The Balaban J connectivity index is 1.95. The molecule has 6 nitrogen and oxygen atoms in total. The summed E-state index contributed by atoms with van der Waals surface area (Å²) in [6.45, 7) is 1.92. The number of aromatic nitrogens is 1.